The maximum Gasteiger partial charge on any atom is 0.0251 e. The summed E-state index contributed by atoms with van der Waals surface area (Å²) < 4.78 is 0. The molecule has 0 amide bonds. The molecule has 1 N–H and O–H groups in total. The van der Waals surface area contributed by atoms with E-state index in [0.717, 1.165) is 23.4 Å². The van der Waals surface area contributed by atoms with Crippen molar-refractivity contribution in [2.24, 2.45) is 11.3 Å². The SMILES string of the molecule is CNC1CCC(C)CC1N1CCC2(CCCCC2)CC1. The van der Waals surface area contributed by atoms with Crippen LogP contribution in [0.5, 0.6) is 0 Å². The first-order chi connectivity index (χ1) is 9.72. The molecule has 2 saturated carbocycles. The van der Waals surface area contributed by atoms with E-state index >= 15 is 0 Å². The van der Waals surface area contributed by atoms with E-state index in [1.54, 1.807) is 0 Å². The van der Waals surface area contributed by atoms with Crippen molar-refractivity contribution in [2.75, 3.05) is 20.1 Å². The van der Waals surface area contributed by atoms with Crippen LogP contribution in [0.25, 0.3) is 0 Å². The number of hydrogen-bond acceptors (Lipinski definition) is 2. The molecule has 3 unspecified atom stereocenters. The number of nitrogens with one attached hydrogen (secondary N) is 1. The van der Waals surface area contributed by atoms with Crippen molar-refractivity contribution in [3.05, 3.63) is 0 Å². The summed E-state index contributed by atoms with van der Waals surface area (Å²) in [6, 6.07) is 1.55. The van der Waals surface area contributed by atoms with E-state index in [9.17, 15) is 0 Å². The fraction of sp³-hybridized carbons (Fsp3) is 1.00. The van der Waals surface area contributed by atoms with E-state index in [1.807, 2.05) is 0 Å². The van der Waals surface area contributed by atoms with E-state index in [4.69, 9.17) is 0 Å². The maximum absolute atomic E-state index is 3.60. The highest BCUT2D eigenvalue weighted by molar-refractivity contribution is 4.95. The summed E-state index contributed by atoms with van der Waals surface area (Å²) in [6.07, 6.45) is 14.7. The van der Waals surface area contributed by atoms with Crippen LogP contribution in [0.2, 0.25) is 0 Å². The van der Waals surface area contributed by atoms with Gasteiger partial charge in [0.05, 0.1) is 0 Å². The first-order valence-corrected chi connectivity index (χ1v) is 9.14. The van der Waals surface area contributed by atoms with Gasteiger partial charge in [-0.1, -0.05) is 26.2 Å². The molecule has 3 aliphatic rings. The second-order valence-corrected chi connectivity index (χ2v) is 7.98. The molecule has 0 aromatic carbocycles. The lowest BCUT2D eigenvalue weighted by Crippen LogP contribution is -2.55. The van der Waals surface area contributed by atoms with Crippen LogP contribution in [0, 0.1) is 11.3 Å². The zero-order valence-corrected chi connectivity index (χ0v) is 13.7. The average Bonchev–Trinajstić information content (AvgIpc) is 2.49. The smallest absolute Gasteiger partial charge is 0.0251 e. The molecule has 2 aliphatic carbocycles. The summed E-state index contributed by atoms with van der Waals surface area (Å²) in [5.41, 5.74) is 0.754. The number of piperidine rings is 1. The third-order valence-corrected chi connectivity index (χ3v) is 6.69. The zero-order valence-electron chi connectivity index (χ0n) is 13.7. The highest BCUT2D eigenvalue weighted by atomic mass is 15.2. The lowest BCUT2D eigenvalue weighted by atomic mass is 9.67. The molecule has 116 valence electrons. The molecule has 0 aromatic rings. The number of rotatable bonds is 2. The molecule has 0 aromatic heterocycles. The zero-order chi connectivity index (χ0) is 14.0. The molecule has 1 saturated heterocycles. The normalized spacial score (nSPS) is 39.0. The van der Waals surface area contributed by atoms with Gasteiger partial charge >= 0.3 is 0 Å². The number of hydrogen-bond donors (Lipinski definition) is 1. The molecule has 1 heterocycles. The Bertz CT molecular complexity index is 299. The van der Waals surface area contributed by atoms with Crippen LogP contribution in [-0.4, -0.2) is 37.1 Å². The molecule has 0 bridgehead atoms. The molecular weight excluding hydrogens is 244 g/mol. The van der Waals surface area contributed by atoms with Crippen molar-refractivity contribution in [2.45, 2.75) is 83.2 Å². The molecule has 1 aliphatic heterocycles. The van der Waals surface area contributed by atoms with Gasteiger partial charge in [-0.15, -0.1) is 0 Å². The first-order valence-electron chi connectivity index (χ1n) is 9.14. The van der Waals surface area contributed by atoms with Gasteiger partial charge in [0, 0.05) is 12.1 Å². The summed E-state index contributed by atoms with van der Waals surface area (Å²) >= 11 is 0. The second-order valence-electron chi connectivity index (χ2n) is 7.98. The van der Waals surface area contributed by atoms with Crippen molar-refractivity contribution in [3.8, 4) is 0 Å². The topological polar surface area (TPSA) is 15.3 Å². The van der Waals surface area contributed by atoms with E-state index in [1.165, 1.54) is 77.3 Å². The lowest BCUT2D eigenvalue weighted by molar-refractivity contribution is 0.0185. The largest absolute Gasteiger partial charge is 0.315 e. The minimum atomic E-state index is 0.742. The molecule has 2 heteroatoms. The number of likely N-dealkylation sites (tertiary alicyclic amines) is 1. The van der Waals surface area contributed by atoms with Crippen molar-refractivity contribution >= 4 is 0 Å². The van der Waals surface area contributed by atoms with Gasteiger partial charge in [0.15, 0.2) is 0 Å². The molecule has 3 fully saturated rings. The third kappa shape index (κ3) is 3.06. The Labute approximate surface area is 125 Å². The van der Waals surface area contributed by atoms with E-state index in [2.05, 4.69) is 24.2 Å². The summed E-state index contributed by atoms with van der Waals surface area (Å²) in [6.45, 7) is 5.19. The molecular formula is C18H34N2. The molecule has 1 spiro atoms. The van der Waals surface area contributed by atoms with Crippen molar-refractivity contribution in [3.63, 3.8) is 0 Å². The standard InChI is InChI=1S/C18H34N2/c1-15-6-7-16(19-2)17(14-15)20-12-10-18(11-13-20)8-4-3-5-9-18/h15-17,19H,3-14H2,1-2H3. The van der Waals surface area contributed by atoms with Gasteiger partial charge in [-0.25, -0.2) is 0 Å². The van der Waals surface area contributed by atoms with Crippen LogP contribution in [0.15, 0.2) is 0 Å². The Hall–Kier alpha value is -0.0800. The Morgan fingerprint density at radius 3 is 2.30 bits per heavy atom. The highest BCUT2D eigenvalue weighted by Crippen LogP contribution is 2.45. The summed E-state index contributed by atoms with van der Waals surface area (Å²) in [7, 11) is 2.17. The van der Waals surface area contributed by atoms with Crippen LogP contribution in [0.4, 0.5) is 0 Å². The first kappa shape index (κ1) is 14.8. The predicted octanol–water partition coefficient (Wildman–Crippen LogP) is 3.81. The van der Waals surface area contributed by atoms with Crippen molar-refractivity contribution < 1.29 is 0 Å². The van der Waals surface area contributed by atoms with Crippen LogP contribution in [0.1, 0.15) is 71.1 Å². The Balaban J connectivity index is 1.58. The van der Waals surface area contributed by atoms with Gasteiger partial charge < -0.3 is 5.32 Å². The van der Waals surface area contributed by atoms with E-state index < -0.39 is 0 Å². The van der Waals surface area contributed by atoms with Crippen LogP contribution in [-0.2, 0) is 0 Å². The minimum Gasteiger partial charge on any atom is -0.315 e. The highest BCUT2D eigenvalue weighted by Gasteiger charge is 2.39. The Kier molecular flexibility index (Phi) is 4.72. The van der Waals surface area contributed by atoms with Gasteiger partial charge in [-0.2, -0.15) is 0 Å². The van der Waals surface area contributed by atoms with Crippen LogP contribution < -0.4 is 5.32 Å². The van der Waals surface area contributed by atoms with E-state index in [0.29, 0.717) is 0 Å². The van der Waals surface area contributed by atoms with Gasteiger partial charge in [-0.3, -0.25) is 4.90 Å². The second kappa shape index (κ2) is 6.36. The fourth-order valence-corrected chi connectivity index (χ4v) is 5.22. The van der Waals surface area contributed by atoms with Crippen LogP contribution >= 0.6 is 0 Å². The Morgan fingerprint density at radius 2 is 1.65 bits per heavy atom. The maximum atomic E-state index is 3.60. The molecule has 0 radical (unpaired) electrons. The minimum absolute atomic E-state index is 0.742. The Morgan fingerprint density at radius 1 is 0.950 bits per heavy atom. The summed E-state index contributed by atoms with van der Waals surface area (Å²) in [4.78, 5) is 2.84. The monoisotopic (exact) mass is 278 g/mol. The number of nitrogens with zero attached hydrogens (tertiary/aromatic N) is 1. The third-order valence-electron chi connectivity index (χ3n) is 6.69. The van der Waals surface area contributed by atoms with Crippen LogP contribution in [0.3, 0.4) is 0 Å². The summed E-state index contributed by atoms with van der Waals surface area (Å²) in [5, 5.41) is 3.60. The van der Waals surface area contributed by atoms with Gasteiger partial charge in [0.2, 0.25) is 0 Å². The van der Waals surface area contributed by atoms with E-state index in [-0.39, 0.29) is 0 Å². The van der Waals surface area contributed by atoms with Crippen molar-refractivity contribution in [1.29, 1.82) is 0 Å². The average molecular weight is 278 g/mol. The lowest BCUT2D eigenvalue weighted by Gasteiger charge is -2.49. The fourth-order valence-electron chi connectivity index (χ4n) is 5.22. The van der Waals surface area contributed by atoms with Crippen molar-refractivity contribution in [1.82, 2.24) is 10.2 Å². The molecule has 3 rings (SSSR count). The summed E-state index contributed by atoms with van der Waals surface area (Å²) in [5.74, 6) is 0.926. The number of likely N-dealkylation sites (N-methyl/N-ethyl adjacent to an activating group) is 1. The molecule has 20 heavy (non-hydrogen) atoms. The predicted molar refractivity (Wildman–Crippen MR) is 86.0 cm³/mol. The molecule has 2 nitrogen and oxygen atoms in total. The van der Waals surface area contributed by atoms with Gasteiger partial charge in [-0.05, 0) is 76.4 Å². The molecule has 3 atom stereocenters. The quantitative estimate of drug-likeness (QED) is 0.826. The van der Waals surface area contributed by atoms with Gasteiger partial charge in [0.25, 0.3) is 0 Å². The van der Waals surface area contributed by atoms with Gasteiger partial charge in [0.1, 0.15) is 0 Å².